The molecule has 1 amide bonds. The SMILES string of the molecule is Cc1cnoc1C(=O)N1CCCC(C2CCCN2)C1. The third-order valence-electron chi connectivity index (χ3n) is 4.36. The van der Waals surface area contributed by atoms with Crippen molar-refractivity contribution in [2.24, 2.45) is 5.92 Å². The van der Waals surface area contributed by atoms with Crippen molar-refractivity contribution < 1.29 is 9.32 Å². The van der Waals surface area contributed by atoms with Crippen LogP contribution in [0.1, 0.15) is 41.8 Å². The van der Waals surface area contributed by atoms with E-state index in [0.717, 1.165) is 31.6 Å². The zero-order valence-electron chi connectivity index (χ0n) is 11.4. The van der Waals surface area contributed by atoms with E-state index in [1.54, 1.807) is 6.20 Å². The van der Waals surface area contributed by atoms with Gasteiger partial charge in [-0.2, -0.15) is 0 Å². The average Bonchev–Trinajstić information content (AvgIpc) is 3.09. The number of rotatable bonds is 2. The molecule has 0 radical (unpaired) electrons. The number of likely N-dealkylation sites (tertiary alicyclic amines) is 1. The van der Waals surface area contributed by atoms with Crippen LogP contribution in [0, 0.1) is 12.8 Å². The van der Waals surface area contributed by atoms with E-state index in [4.69, 9.17) is 4.52 Å². The van der Waals surface area contributed by atoms with Crippen LogP contribution in [0.25, 0.3) is 0 Å². The van der Waals surface area contributed by atoms with Crippen LogP contribution in [0.4, 0.5) is 0 Å². The van der Waals surface area contributed by atoms with Gasteiger partial charge in [-0.3, -0.25) is 4.79 Å². The van der Waals surface area contributed by atoms with E-state index in [9.17, 15) is 4.79 Å². The Balaban J connectivity index is 1.67. The van der Waals surface area contributed by atoms with Gasteiger partial charge in [0.05, 0.1) is 6.20 Å². The highest BCUT2D eigenvalue weighted by molar-refractivity contribution is 5.92. The average molecular weight is 263 g/mol. The van der Waals surface area contributed by atoms with Crippen molar-refractivity contribution in [1.82, 2.24) is 15.4 Å². The minimum absolute atomic E-state index is 0.00213. The van der Waals surface area contributed by atoms with Crippen LogP contribution in [0.3, 0.4) is 0 Å². The third-order valence-corrected chi connectivity index (χ3v) is 4.36. The van der Waals surface area contributed by atoms with Gasteiger partial charge in [-0.15, -0.1) is 0 Å². The summed E-state index contributed by atoms with van der Waals surface area (Å²) in [6.07, 6.45) is 6.41. The van der Waals surface area contributed by atoms with Crippen molar-refractivity contribution in [3.63, 3.8) is 0 Å². The highest BCUT2D eigenvalue weighted by Gasteiger charge is 2.32. The predicted octanol–water partition coefficient (Wildman–Crippen LogP) is 1.59. The van der Waals surface area contributed by atoms with Crippen LogP contribution in [0.2, 0.25) is 0 Å². The van der Waals surface area contributed by atoms with Gasteiger partial charge in [-0.05, 0) is 45.1 Å². The zero-order chi connectivity index (χ0) is 13.2. The second kappa shape index (κ2) is 5.33. The molecular weight excluding hydrogens is 242 g/mol. The molecule has 1 N–H and O–H groups in total. The topological polar surface area (TPSA) is 58.4 Å². The Bertz CT molecular complexity index is 451. The minimum atomic E-state index is -0.00213. The van der Waals surface area contributed by atoms with E-state index >= 15 is 0 Å². The molecule has 19 heavy (non-hydrogen) atoms. The first-order valence-corrected chi connectivity index (χ1v) is 7.19. The Morgan fingerprint density at radius 1 is 1.47 bits per heavy atom. The Morgan fingerprint density at radius 3 is 3.05 bits per heavy atom. The third kappa shape index (κ3) is 2.52. The Labute approximate surface area is 113 Å². The van der Waals surface area contributed by atoms with Gasteiger partial charge in [-0.25, -0.2) is 0 Å². The number of nitrogens with zero attached hydrogens (tertiary/aromatic N) is 2. The normalized spacial score (nSPS) is 27.7. The van der Waals surface area contributed by atoms with E-state index in [2.05, 4.69) is 10.5 Å². The molecule has 3 heterocycles. The van der Waals surface area contributed by atoms with Gasteiger partial charge in [-0.1, -0.05) is 5.16 Å². The van der Waals surface area contributed by atoms with Crippen molar-refractivity contribution in [3.8, 4) is 0 Å². The zero-order valence-corrected chi connectivity index (χ0v) is 11.4. The first-order valence-electron chi connectivity index (χ1n) is 7.19. The number of nitrogens with one attached hydrogen (secondary N) is 1. The maximum Gasteiger partial charge on any atom is 0.292 e. The van der Waals surface area contributed by atoms with Crippen molar-refractivity contribution in [2.75, 3.05) is 19.6 Å². The standard InChI is InChI=1S/C14H21N3O2/c1-10-8-16-19-13(10)14(18)17-7-3-4-11(9-17)12-5-2-6-15-12/h8,11-12,15H,2-7,9H2,1H3. The molecule has 1 aromatic heterocycles. The Hall–Kier alpha value is -1.36. The largest absolute Gasteiger partial charge is 0.351 e. The number of aryl methyl sites for hydroxylation is 1. The lowest BCUT2D eigenvalue weighted by Crippen LogP contribution is -2.45. The molecule has 2 atom stereocenters. The van der Waals surface area contributed by atoms with Crippen molar-refractivity contribution >= 4 is 5.91 Å². The number of carbonyl (C=O) groups excluding carboxylic acids is 1. The molecule has 0 aromatic carbocycles. The number of hydrogen-bond donors (Lipinski definition) is 1. The summed E-state index contributed by atoms with van der Waals surface area (Å²) < 4.78 is 5.08. The van der Waals surface area contributed by atoms with Crippen LogP contribution in [-0.4, -0.2) is 41.6 Å². The van der Waals surface area contributed by atoms with Gasteiger partial charge >= 0.3 is 0 Å². The Kier molecular flexibility index (Phi) is 3.55. The molecule has 2 unspecified atom stereocenters. The van der Waals surface area contributed by atoms with Gasteiger partial charge in [0.2, 0.25) is 5.76 Å². The van der Waals surface area contributed by atoms with Gasteiger partial charge < -0.3 is 14.7 Å². The summed E-state index contributed by atoms with van der Waals surface area (Å²) in [5.74, 6) is 0.987. The maximum atomic E-state index is 12.4. The lowest BCUT2D eigenvalue weighted by molar-refractivity contribution is 0.0609. The summed E-state index contributed by atoms with van der Waals surface area (Å²) in [5, 5.41) is 7.26. The molecule has 2 fully saturated rings. The molecule has 2 saturated heterocycles. The molecule has 0 spiro atoms. The number of hydrogen-bond acceptors (Lipinski definition) is 4. The Morgan fingerprint density at radius 2 is 2.37 bits per heavy atom. The molecule has 3 rings (SSSR count). The van der Waals surface area contributed by atoms with E-state index in [1.165, 1.54) is 19.3 Å². The van der Waals surface area contributed by atoms with Gasteiger partial charge in [0, 0.05) is 24.7 Å². The highest BCUT2D eigenvalue weighted by atomic mass is 16.5. The first kappa shape index (κ1) is 12.7. The summed E-state index contributed by atoms with van der Waals surface area (Å²) in [6.45, 7) is 4.67. The van der Waals surface area contributed by atoms with Crippen LogP contribution in [0.5, 0.6) is 0 Å². The number of carbonyl (C=O) groups is 1. The lowest BCUT2D eigenvalue weighted by atomic mass is 9.89. The van der Waals surface area contributed by atoms with Crippen molar-refractivity contribution in [2.45, 2.75) is 38.6 Å². The van der Waals surface area contributed by atoms with E-state index in [1.807, 2.05) is 11.8 Å². The van der Waals surface area contributed by atoms with Crippen molar-refractivity contribution in [3.05, 3.63) is 17.5 Å². The predicted molar refractivity (Wildman–Crippen MR) is 70.9 cm³/mol. The molecule has 5 nitrogen and oxygen atoms in total. The lowest BCUT2D eigenvalue weighted by Gasteiger charge is -2.35. The second-order valence-corrected chi connectivity index (χ2v) is 5.69. The first-order chi connectivity index (χ1) is 9.25. The van der Waals surface area contributed by atoms with E-state index < -0.39 is 0 Å². The molecule has 1 aromatic rings. The fourth-order valence-electron chi connectivity index (χ4n) is 3.28. The summed E-state index contributed by atoms with van der Waals surface area (Å²) in [5.41, 5.74) is 0.825. The smallest absolute Gasteiger partial charge is 0.292 e. The fourth-order valence-corrected chi connectivity index (χ4v) is 3.28. The summed E-state index contributed by atoms with van der Waals surface area (Å²) in [6, 6.07) is 0.589. The number of aromatic nitrogens is 1. The molecule has 0 aliphatic carbocycles. The number of piperidine rings is 1. The van der Waals surface area contributed by atoms with Gasteiger partial charge in [0.25, 0.3) is 5.91 Å². The summed E-state index contributed by atoms with van der Waals surface area (Å²) >= 11 is 0. The van der Waals surface area contributed by atoms with Gasteiger partial charge in [0.1, 0.15) is 0 Å². The summed E-state index contributed by atoms with van der Waals surface area (Å²) in [4.78, 5) is 14.3. The van der Waals surface area contributed by atoms with Gasteiger partial charge in [0.15, 0.2) is 0 Å². The van der Waals surface area contributed by atoms with Crippen LogP contribution >= 0.6 is 0 Å². The molecule has 0 saturated carbocycles. The highest BCUT2D eigenvalue weighted by Crippen LogP contribution is 2.26. The monoisotopic (exact) mass is 263 g/mol. The molecular formula is C14H21N3O2. The minimum Gasteiger partial charge on any atom is -0.351 e. The quantitative estimate of drug-likeness (QED) is 0.880. The second-order valence-electron chi connectivity index (χ2n) is 5.69. The van der Waals surface area contributed by atoms with Crippen LogP contribution < -0.4 is 5.32 Å². The van der Waals surface area contributed by atoms with E-state index in [0.29, 0.717) is 17.7 Å². The molecule has 2 aliphatic heterocycles. The maximum absolute atomic E-state index is 12.4. The fraction of sp³-hybridized carbons (Fsp3) is 0.714. The molecule has 0 bridgehead atoms. The van der Waals surface area contributed by atoms with Crippen LogP contribution in [-0.2, 0) is 0 Å². The molecule has 104 valence electrons. The summed E-state index contributed by atoms with van der Waals surface area (Å²) in [7, 11) is 0. The van der Waals surface area contributed by atoms with E-state index in [-0.39, 0.29) is 5.91 Å². The molecule has 2 aliphatic rings. The molecule has 5 heteroatoms. The van der Waals surface area contributed by atoms with Crippen molar-refractivity contribution in [1.29, 1.82) is 0 Å². The number of amides is 1. The van der Waals surface area contributed by atoms with Crippen LogP contribution in [0.15, 0.2) is 10.7 Å².